The maximum atomic E-state index is 13.8. The summed E-state index contributed by atoms with van der Waals surface area (Å²) < 4.78 is 59.0. The second-order valence-electron chi connectivity index (χ2n) is 7.68. The Kier molecular flexibility index (Phi) is 4.62. The van der Waals surface area contributed by atoms with Gasteiger partial charge in [-0.1, -0.05) is 0 Å². The van der Waals surface area contributed by atoms with Crippen molar-refractivity contribution in [3.05, 3.63) is 66.6 Å². The maximum Gasteiger partial charge on any atom is 0.334 e. The van der Waals surface area contributed by atoms with Crippen LogP contribution in [0.1, 0.15) is 9.81 Å². The van der Waals surface area contributed by atoms with Crippen molar-refractivity contribution < 1.29 is 27.2 Å². The summed E-state index contributed by atoms with van der Waals surface area (Å²) in [7, 11) is -0.821. The van der Waals surface area contributed by atoms with Crippen LogP contribution in [0.4, 0.5) is 30.6 Å². The molecule has 8 nitrogen and oxygen atoms in total. The topological polar surface area (TPSA) is 72.7 Å². The van der Waals surface area contributed by atoms with Gasteiger partial charge in [-0.05, 0) is 42.5 Å². The van der Waals surface area contributed by atoms with Crippen LogP contribution in [0.3, 0.4) is 0 Å². The highest BCUT2D eigenvalue weighted by molar-refractivity contribution is 6.11. The van der Waals surface area contributed by atoms with Gasteiger partial charge in [0.15, 0.2) is 0 Å². The summed E-state index contributed by atoms with van der Waals surface area (Å²) in [6, 6.07) is 12.4. The second kappa shape index (κ2) is 8.62. The molecule has 174 valence electrons. The molecule has 0 atom stereocenters. The molecule has 0 radical (unpaired) electrons. The van der Waals surface area contributed by atoms with Crippen molar-refractivity contribution in [3.63, 3.8) is 0 Å². The molecule has 0 unspecified atom stereocenters. The highest BCUT2D eigenvalue weighted by atomic mass is 19.3. The second-order valence-corrected chi connectivity index (χ2v) is 7.68. The number of amides is 2. The van der Waals surface area contributed by atoms with Crippen molar-refractivity contribution in [1.82, 2.24) is 14.8 Å². The van der Waals surface area contributed by atoms with Crippen LogP contribution in [-0.4, -0.2) is 40.9 Å². The van der Waals surface area contributed by atoms with Crippen LogP contribution in [0.5, 0.6) is 11.5 Å². The van der Waals surface area contributed by atoms with Gasteiger partial charge < -0.3 is 9.47 Å². The van der Waals surface area contributed by atoms with E-state index in [1.807, 2.05) is 18.3 Å². The molecule has 1 aliphatic rings. The number of rotatable bonds is 6. The Hall–Kier alpha value is -4.21. The largest absolute Gasteiger partial charge is 0.497 e. The quantitative estimate of drug-likeness (QED) is 0.403. The van der Waals surface area contributed by atoms with Gasteiger partial charge in [0, 0.05) is 30.4 Å². The molecular formula is C24H21F2N5O3. The summed E-state index contributed by atoms with van der Waals surface area (Å²) in [5.41, 5.74) is 2.65. The SMILES string of the molecule is [2H]C([2H])([2H])Oc1ccc(N2C(=O)N(c3ccc4nn(C)cc4c3)Cc3ncc(OCC(F)F)cc32)cc1. The molecule has 2 aromatic heterocycles. The minimum atomic E-state index is -2.67. The number of aromatic nitrogens is 3. The lowest BCUT2D eigenvalue weighted by molar-refractivity contribution is 0.0817. The van der Waals surface area contributed by atoms with Crippen LogP contribution < -0.4 is 19.3 Å². The fourth-order valence-corrected chi connectivity index (χ4v) is 3.88. The van der Waals surface area contributed by atoms with E-state index in [-0.39, 0.29) is 18.0 Å². The average Bonchev–Trinajstić information content (AvgIpc) is 3.21. The van der Waals surface area contributed by atoms with E-state index < -0.39 is 26.1 Å². The van der Waals surface area contributed by atoms with E-state index in [4.69, 9.17) is 13.6 Å². The van der Waals surface area contributed by atoms with Gasteiger partial charge in [0.25, 0.3) is 6.43 Å². The molecule has 0 saturated heterocycles. The molecule has 34 heavy (non-hydrogen) atoms. The monoisotopic (exact) mass is 468 g/mol. The van der Waals surface area contributed by atoms with Crippen molar-refractivity contribution in [2.24, 2.45) is 7.05 Å². The number of ether oxygens (including phenoxy) is 2. The third-order valence-corrected chi connectivity index (χ3v) is 5.40. The molecule has 2 amide bonds. The first-order valence-electron chi connectivity index (χ1n) is 11.8. The van der Waals surface area contributed by atoms with E-state index in [0.717, 1.165) is 10.9 Å². The first-order chi connectivity index (χ1) is 17.6. The number of fused-ring (bicyclic) bond motifs is 2. The molecule has 2 aromatic carbocycles. The Morgan fingerprint density at radius 3 is 2.68 bits per heavy atom. The number of anilines is 3. The summed E-state index contributed by atoms with van der Waals surface area (Å²) in [5.74, 6) is 0.184. The lowest BCUT2D eigenvalue weighted by Gasteiger charge is -2.36. The Bertz CT molecular complexity index is 1460. The molecule has 0 aliphatic carbocycles. The number of carbonyl (C=O) groups is 1. The maximum absolute atomic E-state index is 13.8. The number of alkyl halides is 2. The lowest BCUT2D eigenvalue weighted by Crippen LogP contribution is -2.45. The molecule has 10 heteroatoms. The molecule has 1 aliphatic heterocycles. The van der Waals surface area contributed by atoms with E-state index in [2.05, 4.69) is 10.1 Å². The molecular weight excluding hydrogens is 444 g/mol. The van der Waals surface area contributed by atoms with Gasteiger partial charge in [0.2, 0.25) is 0 Å². The van der Waals surface area contributed by atoms with E-state index in [9.17, 15) is 13.6 Å². The molecule has 0 N–H and O–H groups in total. The highest BCUT2D eigenvalue weighted by Gasteiger charge is 2.34. The number of carbonyl (C=O) groups excluding carboxylic acids is 1. The van der Waals surface area contributed by atoms with Crippen LogP contribution in [0, 0.1) is 0 Å². The molecule has 5 rings (SSSR count). The number of aryl methyl sites for hydroxylation is 1. The van der Waals surface area contributed by atoms with Crippen molar-refractivity contribution >= 4 is 34.0 Å². The van der Waals surface area contributed by atoms with Crippen LogP contribution >= 0.6 is 0 Å². The minimum absolute atomic E-state index is 0.0874. The first-order valence-corrected chi connectivity index (χ1v) is 10.3. The standard InChI is InChI=1S/C24H21F2N5O3/c1-29-12-15-9-17(5-8-20(15)28-29)30-13-21-22(10-19(11-27-21)34-14-23(25)26)31(24(30)32)16-3-6-18(33-2)7-4-16/h3-12,23H,13-14H2,1-2H3/i2D3. The predicted molar refractivity (Wildman–Crippen MR) is 123 cm³/mol. The Morgan fingerprint density at radius 1 is 1.12 bits per heavy atom. The van der Waals surface area contributed by atoms with Crippen LogP contribution in [0.2, 0.25) is 0 Å². The summed E-state index contributed by atoms with van der Waals surface area (Å²) in [4.78, 5) is 21.1. The normalized spacial score (nSPS) is 15.2. The van der Waals surface area contributed by atoms with E-state index in [0.29, 0.717) is 22.8 Å². The zero-order chi connectivity index (χ0) is 26.3. The van der Waals surface area contributed by atoms with Crippen molar-refractivity contribution in [2.45, 2.75) is 13.0 Å². The molecule has 4 aromatic rings. The third-order valence-electron chi connectivity index (χ3n) is 5.40. The first kappa shape index (κ1) is 18.2. The molecule has 0 bridgehead atoms. The van der Waals surface area contributed by atoms with Crippen LogP contribution in [-0.2, 0) is 13.6 Å². The number of urea groups is 1. The zero-order valence-corrected chi connectivity index (χ0v) is 18.0. The molecule has 0 fully saturated rings. The third kappa shape index (κ3) is 3.98. The average molecular weight is 468 g/mol. The number of benzene rings is 2. The van der Waals surface area contributed by atoms with Gasteiger partial charge >= 0.3 is 6.03 Å². The number of hydrogen-bond acceptors (Lipinski definition) is 5. The number of pyridine rings is 1. The molecule has 0 saturated carbocycles. The zero-order valence-electron chi connectivity index (χ0n) is 21.0. The molecule has 3 heterocycles. The molecule has 0 spiro atoms. The van der Waals surface area contributed by atoms with Gasteiger partial charge in [-0.25, -0.2) is 13.6 Å². The Morgan fingerprint density at radius 2 is 1.91 bits per heavy atom. The highest BCUT2D eigenvalue weighted by Crippen LogP contribution is 2.38. The number of hydrogen-bond donors (Lipinski definition) is 0. The number of methoxy groups -OCH3 is 1. The summed E-state index contributed by atoms with van der Waals surface area (Å²) in [6.45, 7) is -0.682. The van der Waals surface area contributed by atoms with E-state index in [1.165, 1.54) is 46.3 Å². The number of halogens is 2. The van der Waals surface area contributed by atoms with E-state index >= 15 is 0 Å². The summed E-state index contributed by atoms with van der Waals surface area (Å²) in [6.07, 6.45) is 0.510. The summed E-state index contributed by atoms with van der Waals surface area (Å²) >= 11 is 0. The minimum Gasteiger partial charge on any atom is -0.497 e. The van der Waals surface area contributed by atoms with Crippen molar-refractivity contribution in [3.8, 4) is 11.5 Å². The van der Waals surface area contributed by atoms with Crippen LogP contribution in [0.25, 0.3) is 10.9 Å². The Labute approximate surface area is 198 Å². The fourth-order valence-electron chi connectivity index (χ4n) is 3.88. The van der Waals surface area contributed by atoms with Gasteiger partial charge in [0.1, 0.15) is 18.1 Å². The van der Waals surface area contributed by atoms with E-state index in [1.54, 1.807) is 17.8 Å². The summed E-state index contributed by atoms with van der Waals surface area (Å²) in [5, 5.41) is 5.21. The Balaban J connectivity index is 1.56. The van der Waals surface area contributed by atoms with Gasteiger partial charge in [-0.3, -0.25) is 19.5 Å². The van der Waals surface area contributed by atoms with Gasteiger partial charge in [0.05, 0.1) is 46.5 Å². The smallest absolute Gasteiger partial charge is 0.334 e. The fraction of sp³-hybridized carbons (Fsp3) is 0.208. The van der Waals surface area contributed by atoms with Crippen molar-refractivity contribution in [1.29, 1.82) is 0 Å². The van der Waals surface area contributed by atoms with Gasteiger partial charge in [-0.2, -0.15) is 5.10 Å². The number of nitrogens with zero attached hydrogens (tertiary/aromatic N) is 5. The van der Waals surface area contributed by atoms with Crippen molar-refractivity contribution in [2.75, 3.05) is 23.4 Å². The predicted octanol–water partition coefficient (Wildman–Crippen LogP) is 4.90. The lowest BCUT2D eigenvalue weighted by atomic mass is 10.1. The van der Waals surface area contributed by atoms with Gasteiger partial charge in [-0.15, -0.1) is 0 Å². The van der Waals surface area contributed by atoms with Crippen LogP contribution in [0.15, 0.2) is 60.9 Å².